The molecular formula is C20H25N3O3. The van der Waals surface area contributed by atoms with Crippen LogP contribution in [0, 0.1) is 6.92 Å². The Labute approximate surface area is 154 Å². The third kappa shape index (κ3) is 3.79. The fraction of sp³-hybridized carbons (Fsp3) is 0.450. The third-order valence-electron chi connectivity index (χ3n) is 4.87. The molecule has 1 atom stereocenters. The highest BCUT2D eigenvalue weighted by Gasteiger charge is 2.19. The Morgan fingerprint density at radius 2 is 1.96 bits per heavy atom. The fourth-order valence-electron chi connectivity index (χ4n) is 3.41. The minimum atomic E-state index is -0.0897. The molecule has 26 heavy (non-hydrogen) atoms. The SMILES string of the molecule is COc1nc(C)c(CC(=O)NC(C)c2ccc3c(c2)CCC3)c(OC)n1. The van der Waals surface area contributed by atoms with Gasteiger partial charge in [-0.05, 0) is 49.8 Å². The molecule has 0 radical (unpaired) electrons. The molecule has 1 amide bonds. The first-order valence-electron chi connectivity index (χ1n) is 8.88. The van der Waals surface area contributed by atoms with Crippen LogP contribution in [0.15, 0.2) is 18.2 Å². The Hall–Kier alpha value is -2.63. The van der Waals surface area contributed by atoms with E-state index < -0.39 is 0 Å². The van der Waals surface area contributed by atoms with Gasteiger partial charge in [0.1, 0.15) is 0 Å². The van der Waals surface area contributed by atoms with Crippen LogP contribution in [0.5, 0.6) is 11.9 Å². The zero-order valence-electron chi connectivity index (χ0n) is 15.8. The minimum absolute atomic E-state index is 0.0566. The molecule has 1 unspecified atom stereocenters. The van der Waals surface area contributed by atoms with Crippen molar-refractivity contribution in [2.24, 2.45) is 0 Å². The summed E-state index contributed by atoms with van der Waals surface area (Å²) in [6, 6.07) is 6.69. The monoisotopic (exact) mass is 355 g/mol. The minimum Gasteiger partial charge on any atom is -0.481 e. The molecular weight excluding hydrogens is 330 g/mol. The lowest BCUT2D eigenvalue weighted by atomic mass is 10.0. The number of carbonyl (C=O) groups is 1. The first-order chi connectivity index (χ1) is 12.5. The van der Waals surface area contributed by atoms with Gasteiger partial charge >= 0.3 is 6.01 Å². The van der Waals surface area contributed by atoms with Gasteiger partial charge in [-0.15, -0.1) is 0 Å². The number of benzene rings is 1. The van der Waals surface area contributed by atoms with Gasteiger partial charge in [-0.1, -0.05) is 18.2 Å². The molecule has 1 aromatic heterocycles. The maximum atomic E-state index is 12.6. The lowest BCUT2D eigenvalue weighted by Crippen LogP contribution is -2.28. The standard InChI is InChI=1S/C20H25N3O3/c1-12(15-9-8-14-6-5-7-16(14)10-15)21-18(24)11-17-13(2)22-20(26-4)23-19(17)25-3/h8-10,12H,5-7,11H2,1-4H3,(H,21,24). The van der Waals surface area contributed by atoms with Crippen LogP contribution in [-0.2, 0) is 24.1 Å². The van der Waals surface area contributed by atoms with Crippen molar-refractivity contribution in [3.05, 3.63) is 46.1 Å². The van der Waals surface area contributed by atoms with Gasteiger partial charge in [0, 0.05) is 5.56 Å². The van der Waals surface area contributed by atoms with Crippen molar-refractivity contribution in [2.75, 3.05) is 14.2 Å². The largest absolute Gasteiger partial charge is 0.481 e. The van der Waals surface area contributed by atoms with E-state index in [0.29, 0.717) is 17.1 Å². The van der Waals surface area contributed by atoms with Crippen LogP contribution >= 0.6 is 0 Å². The van der Waals surface area contributed by atoms with E-state index in [-0.39, 0.29) is 24.4 Å². The summed E-state index contributed by atoms with van der Waals surface area (Å²) in [5, 5.41) is 3.06. The molecule has 138 valence electrons. The Morgan fingerprint density at radius 3 is 2.69 bits per heavy atom. The lowest BCUT2D eigenvalue weighted by molar-refractivity contribution is -0.121. The van der Waals surface area contributed by atoms with E-state index >= 15 is 0 Å². The van der Waals surface area contributed by atoms with Gasteiger partial charge in [-0.2, -0.15) is 4.98 Å². The van der Waals surface area contributed by atoms with Crippen molar-refractivity contribution in [1.82, 2.24) is 15.3 Å². The van der Waals surface area contributed by atoms with Crippen molar-refractivity contribution < 1.29 is 14.3 Å². The average Bonchev–Trinajstić information content (AvgIpc) is 3.10. The smallest absolute Gasteiger partial charge is 0.319 e. The van der Waals surface area contributed by atoms with E-state index in [0.717, 1.165) is 18.4 Å². The molecule has 6 nitrogen and oxygen atoms in total. The number of hydrogen-bond acceptors (Lipinski definition) is 5. The van der Waals surface area contributed by atoms with E-state index in [1.54, 1.807) is 0 Å². The molecule has 1 aliphatic carbocycles. The molecule has 0 saturated heterocycles. The zero-order chi connectivity index (χ0) is 18.7. The van der Waals surface area contributed by atoms with E-state index in [1.165, 1.54) is 31.8 Å². The second-order valence-electron chi connectivity index (χ2n) is 6.63. The Balaban J connectivity index is 1.71. The average molecular weight is 355 g/mol. The van der Waals surface area contributed by atoms with Crippen LogP contribution in [0.4, 0.5) is 0 Å². The molecule has 3 rings (SSSR count). The fourth-order valence-corrected chi connectivity index (χ4v) is 3.41. The summed E-state index contributed by atoms with van der Waals surface area (Å²) in [4.78, 5) is 21.0. The maximum absolute atomic E-state index is 12.6. The van der Waals surface area contributed by atoms with Crippen LogP contribution in [0.1, 0.15) is 47.3 Å². The molecule has 0 aliphatic heterocycles. The van der Waals surface area contributed by atoms with Crippen LogP contribution in [0.3, 0.4) is 0 Å². The molecule has 2 aromatic rings. The van der Waals surface area contributed by atoms with Crippen LogP contribution in [0.25, 0.3) is 0 Å². The van der Waals surface area contributed by atoms with Gasteiger partial charge in [0.15, 0.2) is 0 Å². The highest BCUT2D eigenvalue weighted by molar-refractivity contribution is 5.79. The predicted octanol–water partition coefficient (Wildman–Crippen LogP) is 2.71. The van der Waals surface area contributed by atoms with E-state index in [1.807, 2.05) is 13.8 Å². The summed E-state index contributed by atoms with van der Waals surface area (Å²) >= 11 is 0. The Morgan fingerprint density at radius 1 is 1.19 bits per heavy atom. The first-order valence-corrected chi connectivity index (χ1v) is 8.88. The van der Waals surface area contributed by atoms with Crippen LogP contribution in [0.2, 0.25) is 0 Å². The van der Waals surface area contributed by atoms with Crippen molar-refractivity contribution >= 4 is 5.91 Å². The first kappa shape index (κ1) is 18.2. The van der Waals surface area contributed by atoms with Crippen LogP contribution < -0.4 is 14.8 Å². The topological polar surface area (TPSA) is 73.3 Å². The number of carbonyl (C=O) groups excluding carboxylic acids is 1. The van der Waals surface area contributed by atoms with Crippen molar-refractivity contribution in [2.45, 2.75) is 45.6 Å². The summed E-state index contributed by atoms with van der Waals surface area (Å²) in [5.74, 6) is 0.280. The number of hydrogen-bond donors (Lipinski definition) is 1. The number of methoxy groups -OCH3 is 2. The quantitative estimate of drug-likeness (QED) is 0.862. The predicted molar refractivity (Wildman–Crippen MR) is 98.6 cm³/mol. The number of amides is 1. The zero-order valence-corrected chi connectivity index (χ0v) is 15.8. The van der Waals surface area contributed by atoms with Gasteiger partial charge in [-0.25, -0.2) is 4.98 Å². The summed E-state index contributed by atoms with van der Waals surface area (Å²) < 4.78 is 10.4. The number of nitrogens with one attached hydrogen (secondary N) is 1. The second kappa shape index (κ2) is 7.72. The molecule has 6 heteroatoms. The van der Waals surface area contributed by atoms with E-state index in [2.05, 4.69) is 33.5 Å². The molecule has 0 bridgehead atoms. The summed E-state index contributed by atoms with van der Waals surface area (Å²) in [7, 11) is 3.02. The molecule has 1 heterocycles. The number of ether oxygens (including phenoxy) is 2. The molecule has 0 saturated carbocycles. The number of rotatable bonds is 6. The van der Waals surface area contributed by atoms with Gasteiger partial charge in [0.05, 0.1) is 32.4 Å². The normalized spacial score (nSPS) is 13.8. The van der Waals surface area contributed by atoms with Crippen molar-refractivity contribution in [1.29, 1.82) is 0 Å². The second-order valence-corrected chi connectivity index (χ2v) is 6.63. The number of nitrogens with zero attached hydrogens (tertiary/aromatic N) is 2. The number of fused-ring (bicyclic) bond motifs is 1. The van der Waals surface area contributed by atoms with E-state index in [4.69, 9.17) is 9.47 Å². The van der Waals surface area contributed by atoms with Gasteiger partial charge in [0.2, 0.25) is 11.8 Å². The third-order valence-corrected chi connectivity index (χ3v) is 4.87. The summed E-state index contributed by atoms with van der Waals surface area (Å²) in [6.07, 6.45) is 3.67. The molecule has 1 N–H and O–H groups in total. The summed E-state index contributed by atoms with van der Waals surface area (Å²) in [6.45, 7) is 3.82. The molecule has 1 aliphatic rings. The van der Waals surface area contributed by atoms with Gasteiger partial charge in [-0.3, -0.25) is 4.79 Å². The summed E-state index contributed by atoms with van der Waals surface area (Å²) in [5.41, 5.74) is 5.32. The highest BCUT2D eigenvalue weighted by atomic mass is 16.5. The number of aryl methyl sites for hydroxylation is 3. The van der Waals surface area contributed by atoms with Gasteiger partial charge in [0.25, 0.3) is 0 Å². The van der Waals surface area contributed by atoms with Gasteiger partial charge < -0.3 is 14.8 Å². The van der Waals surface area contributed by atoms with Crippen molar-refractivity contribution in [3.8, 4) is 11.9 Å². The van der Waals surface area contributed by atoms with Crippen LogP contribution in [-0.4, -0.2) is 30.1 Å². The molecule has 1 aromatic carbocycles. The van der Waals surface area contributed by atoms with Crippen molar-refractivity contribution in [3.63, 3.8) is 0 Å². The maximum Gasteiger partial charge on any atom is 0.319 e. The Kier molecular flexibility index (Phi) is 5.40. The number of aromatic nitrogens is 2. The Bertz CT molecular complexity index is 820. The lowest BCUT2D eigenvalue weighted by Gasteiger charge is -2.17. The van der Waals surface area contributed by atoms with E-state index in [9.17, 15) is 4.79 Å². The highest BCUT2D eigenvalue weighted by Crippen LogP contribution is 2.26. The molecule has 0 fully saturated rings. The molecule has 0 spiro atoms.